The number of methoxy groups -OCH3 is 3. The second-order valence-corrected chi connectivity index (χ2v) is 8.39. The fourth-order valence-corrected chi connectivity index (χ4v) is 4.98. The maximum absolute atomic E-state index is 13.5. The van der Waals surface area contributed by atoms with Crippen LogP contribution < -0.4 is 25.5 Å². The van der Waals surface area contributed by atoms with E-state index in [1.807, 2.05) is 42.5 Å². The molecule has 5 rings (SSSR count). The second-order valence-electron chi connectivity index (χ2n) is 8.39. The molecule has 0 bridgehead atoms. The van der Waals surface area contributed by atoms with Gasteiger partial charge in [0.25, 0.3) is 5.56 Å². The van der Waals surface area contributed by atoms with Crippen LogP contribution in [0.4, 0.5) is 0 Å². The van der Waals surface area contributed by atoms with Crippen molar-refractivity contribution in [3.63, 3.8) is 0 Å². The molecule has 2 aromatic carbocycles. The van der Waals surface area contributed by atoms with Gasteiger partial charge in [0.1, 0.15) is 6.10 Å². The van der Waals surface area contributed by atoms with Crippen LogP contribution in [-0.2, 0) is 25.4 Å². The van der Waals surface area contributed by atoms with Crippen molar-refractivity contribution in [1.29, 1.82) is 0 Å². The molecule has 182 valence electrons. The SMILES string of the molecule is COc1cc([C@@H]2OCCn3c(-c4ccccc4)c4c(=O)n(C)c(=O)n(C)c4c32)cc(OC)c1OC. The molecule has 0 saturated heterocycles. The molecular formula is C26H27N3O6. The van der Waals surface area contributed by atoms with E-state index in [1.165, 1.54) is 11.6 Å². The monoisotopic (exact) mass is 477 g/mol. The van der Waals surface area contributed by atoms with Crippen molar-refractivity contribution in [2.75, 3.05) is 27.9 Å². The van der Waals surface area contributed by atoms with E-state index in [0.717, 1.165) is 27.1 Å². The summed E-state index contributed by atoms with van der Waals surface area (Å²) in [7, 11) is 7.85. The van der Waals surface area contributed by atoms with Crippen LogP contribution in [0.5, 0.6) is 17.2 Å². The summed E-state index contributed by atoms with van der Waals surface area (Å²) >= 11 is 0. The first kappa shape index (κ1) is 22.8. The number of rotatable bonds is 5. The molecule has 0 fully saturated rings. The zero-order chi connectivity index (χ0) is 24.9. The minimum absolute atomic E-state index is 0.340. The quantitative estimate of drug-likeness (QED) is 0.440. The van der Waals surface area contributed by atoms with Crippen molar-refractivity contribution >= 4 is 10.9 Å². The summed E-state index contributed by atoms with van der Waals surface area (Å²) in [5.41, 5.74) is 2.97. The molecule has 0 spiro atoms. The van der Waals surface area contributed by atoms with Gasteiger partial charge < -0.3 is 23.5 Å². The highest BCUT2D eigenvalue weighted by molar-refractivity contribution is 5.96. The lowest BCUT2D eigenvalue weighted by molar-refractivity contribution is 0.0475. The second kappa shape index (κ2) is 8.66. The highest BCUT2D eigenvalue weighted by Gasteiger charge is 2.34. The van der Waals surface area contributed by atoms with E-state index in [-0.39, 0.29) is 5.56 Å². The third kappa shape index (κ3) is 3.34. The van der Waals surface area contributed by atoms with Gasteiger partial charge in [0, 0.05) is 20.6 Å². The predicted molar refractivity (Wildman–Crippen MR) is 132 cm³/mol. The Morgan fingerprint density at radius 1 is 0.914 bits per heavy atom. The first-order valence-corrected chi connectivity index (χ1v) is 11.2. The Morgan fingerprint density at radius 2 is 1.57 bits per heavy atom. The van der Waals surface area contributed by atoms with E-state index >= 15 is 0 Å². The molecule has 0 aliphatic carbocycles. The molecule has 0 unspecified atom stereocenters. The average Bonchev–Trinajstić information content (AvgIpc) is 3.25. The number of hydrogen-bond donors (Lipinski definition) is 0. The molecule has 1 atom stereocenters. The fraction of sp³-hybridized carbons (Fsp3) is 0.308. The summed E-state index contributed by atoms with van der Waals surface area (Å²) < 4.78 is 27.7. The molecule has 9 heteroatoms. The summed E-state index contributed by atoms with van der Waals surface area (Å²) in [6, 6.07) is 13.4. The van der Waals surface area contributed by atoms with Crippen molar-refractivity contribution in [3.05, 3.63) is 74.6 Å². The summed E-state index contributed by atoms with van der Waals surface area (Å²) in [6.07, 6.45) is -0.574. The van der Waals surface area contributed by atoms with Gasteiger partial charge in [-0.3, -0.25) is 13.9 Å². The Balaban J connectivity index is 1.90. The lowest BCUT2D eigenvalue weighted by Crippen LogP contribution is -2.37. The molecule has 0 saturated carbocycles. The molecule has 9 nitrogen and oxygen atoms in total. The third-order valence-corrected chi connectivity index (χ3v) is 6.59. The first-order chi connectivity index (χ1) is 16.9. The lowest BCUT2D eigenvalue weighted by Gasteiger charge is -2.28. The molecule has 1 aliphatic rings. The summed E-state index contributed by atoms with van der Waals surface area (Å²) in [5, 5.41) is 0.485. The summed E-state index contributed by atoms with van der Waals surface area (Å²) in [4.78, 5) is 26.5. The maximum Gasteiger partial charge on any atom is 0.331 e. The van der Waals surface area contributed by atoms with Gasteiger partial charge in [0.05, 0.1) is 50.2 Å². The van der Waals surface area contributed by atoms with Crippen LogP contribution in [0, 0.1) is 0 Å². The summed E-state index contributed by atoms with van der Waals surface area (Å²) in [6.45, 7) is 0.954. The van der Waals surface area contributed by atoms with Crippen molar-refractivity contribution in [1.82, 2.24) is 13.7 Å². The van der Waals surface area contributed by atoms with Crippen LogP contribution in [-0.4, -0.2) is 41.6 Å². The van der Waals surface area contributed by atoms with Gasteiger partial charge in [-0.1, -0.05) is 30.3 Å². The number of benzene rings is 2. The minimum atomic E-state index is -0.574. The Bertz CT molecular complexity index is 1520. The largest absolute Gasteiger partial charge is 0.493 e. The van der Waals surface area contributed by atoms with E-state index in [0.29, 0.717) is 41.3 Å². The highest BCUT2D eigenvalue weighted by atomic mass is 16.5. The predicted octanol–water partition coefficient (Wildman–Crippen LogP) is 2.85. The van der Waals surface area contributed by atoms with Crippen molar-refractivity contribution in [2.24, 2.45) is 14.1 Å². The standard InChI is InChI=1S/C26H27N3O6/c1-27-21-19(25(30)28(2)26(27)31)20(15-9-7-6-8-10-15)29-11-12-35-23(22(21)29)16-13-17(32-3)24(34-5)18(14-16)33-4/h6-10,13-14,23H,11-12H2,1-5H3/t23-/m0/s1. The molecule has 35 heavy (non-hydrogen) atoms. The third-order valence-electron chi connectivity index (χ3n) is 6.59. The van der Waals surface area contributed by atoms with Crippen LogP contribution in [0.1, 0.15) is 17.4 Å². The molecule has 0 amide bonds. The topological polar surface area (TPSA) is 85.9 Å². The van der Waals surface area contributed by atoms with Crippen LogP contribution in [0.3, 0.4) is 0 Å². The van der Waals surface area contributed by atoms with E-state index in [9.17, 15) is 9.59 Å². The zero-order valence-corrected chi connectivity index (χ0v) is 20.3. The average molecular weight is 478 g/mol. The molecule has 3 heterocycles. The number of aryl methyl sites for hydroxylation is 1. The Hall–Kier alpha value is -3.98. The number of nitrogens with zero attached hydrogens (tertiary/aromatic N) is 3. The van der Waals surface area contributed by atoms with Crippen molar-refractivity contribution in [2.45, 2.75) is 12.6 Å². The highest BCUT2D eigenvalue weighted by Crippen LogP contribution is 2.45. The molecule has 4 aromatic rings. The van der Waals surface area contributed by atoms with Gasteiger partial charge in [-0.05, 0) is 23.3 Å². The van der Waals surface area contributed by atoms with Gasteiger partial charge in [0.15, 0.2) is 11.5 Å². The molecule has 2 aromatic heterocycles. The van der Waals surface area contributed by atoms with Crippen molar-refractivity contribution < 1.29 is 18.9 Å². The van der Waals surface area contributed by atoms with Gasteiger partial charge in [-0.15, -0.1) is 0 Å². The van der Waals surface area contributed by atoms with Gasteiger partial charge >= 0.3 is 5.69 Å². The first-order valence-electron chi connectivity index (χ1n) is 11.2. The van der Waals surface area contributed by atoms with E-state index in [1.54, 1.807) is 28.4 Å². The summed E-state index contributed by atoms with van der Waals surface area (Å²) in [5.74, 6) is 1.46. The molecule has 0 radical (unpaired) electrons. The van der Waals surface area contributed by atoms with Crippen LogP contribution in [0.15, 0.2) is 52.1 Å². The molecule has 0 N–H and O–H groups in total. The van der Waals surface area contributed by atoms with Crippen LogP contribution >= 0.6 is 0 Å². The van der Waals surface area contributed by atoms with Crippen LogP contribution in [0.2, 0.25) is 0 Å². The van der Waals surface area contributed by atoms with E-state index in [4.69, 9.17) is 18.9 Å². The van der Waals surface area contributed by atoms with Crippen LogP contribution in [0.25, 0.3) is 22.2 Å². The Kier molecular flexibility index (Phi) is 5.64. The lowest BCUT2D eigenvalue weighted by atomic mass is 10.0. The smallest absolute Gasteiger partial charge is 0.331 e. The Labute approximate surface area is 201 Å². The number of fused-ring (bicyclic) bond motifs is 3. The number of hydrogen-bond acceptors (Lipinski definition) is 6. The van der Waals surface area contributed by atoms with E-state index in [2.05, 4.69) is 4.57 Å². The molecule has 1 aliphatic heterocycles. The fourth-order valence-electron chi connectivity index (χ4n) is 4.98. The van der Waals surface area contributed by atoms with Gasteiger partial charge in [0.2, 0.25) is 5.75 Å². The minimum Gasteiger partial charge on any atom is -0.493 e. The Morgan fingerprint density at radius 3 is 2.17 bits per heavy atom. The zero-order valence-electron chi connectivity index (χ0n) is 20.3. The van der Waals surface area contributed by atoms with Gasteiger partial charge in [-0.2, -0.15) is 0 Å². The normalized spacial score (nSPS) is 15.2. The maximum atomic E-state index is 13.5. The number of ether oxygens (including phenoxy) is 4. The van der Waals surface area contributed by atoms with Gasteiger partial charge in [-0.25, -0.2) is 4.79 Å². The van der Waals surface area contributed by atoms with E-state index < -0.39 is 11.8 Å². The van der Waals surface area contributed by atoms with Crippen molar-refractivity contribution in [3.8, 4) is 28.5 Å². The molecular weight excluding hydrogens is 450 g/mol. The number of aromatic nitrogens is 3.